The predicted molar refractivity (Wildman–Crippen MR) is 70.7 cm³/mol. The van der Waals surface area contributed by atoms with Crippen LogP contribution in [0.5, 0.6) is 0 Å². The minimum absolute atomic E-state index is 1.07. The summed E-state index contributed by atoms with van der Waals surface area (Å²) in [6.45, 7) is 6.63. The summed E-state index contributed by atoms with van der Waals surface area (Å²) in [6.07, 6.45) is 12.4. The van der Waals surface area contributed by atoms with Crippen molar-refractivity contribution in [3.8, 4) is 0 Å². The van der Waals surface area contributed by atoms with Crippen LogP contribution in [0.1, 0.15) is 52.9 Å². The van der Waals surface area contributed by atoms with E-state index in [2.05, 4.69) is 37.9 Å². The van der Waals surface area contributed by atoms with Gasteiger partial charge in [0.1, 0.15) is 0 Å². The lowest BCUT2D eigenvalue weighted by molar-refractivity contribution is 0.933. The molecule has 1 nitrogen and oxygen atoms in total. The number of hydrogen-bond acceptors (Lipinski definition) is 1. The van der Waals surface area contributed by atoms with E-state index >= 15 is 0 Å². The van der Waals surface area contributed by atoms with Crippen molar-refractivity contribution in [1.82, 2.24) is 0 Å². The molecule has 0 aliphatic rings. The highest BCUT2D eigenvalue weighted by Gasteiger charge is 1.89. The van der Waals surface area contributed by atoms with E-state index in [1.165, 1.54) is 30.4 Å². The lowest BCUT2D eigenvalue weighted by atomic mass is 10.1. The third-order valence-electron chi connectivity index (χ3n) is 2.56. The molecule has 0 saturated heterocycles. The van der Waals surface area contributed by atoms with Crippen molar-refractivity contribution in [2.45, 2.75) is 52.9 Å². The maximum absolute atomic E-state index is 3.97. The van der Waals surface area contributed by atoms with Gasteiger partial charge < -0.3 is 4.99 Å². The fourth-order valence-corrected chi connectivity index (χ4v) is 1.33. The van der Waals surface area contributed by atoms with E-state index in [1.807, 2.05) is 13.3 Å². The molecule has 86 valence electrons. The summed E-state index contributed by atoms with van der Waals surface area (Å²) in [4.78, 5) is 3.97. The van der Waals surface area contributed by atoms with Gasteiger partial charge >= 0.3 is 0 Å². The van der Waals surface area contributed by atoms with Gasteiger partial charge in [-0.3, -0.25) is 0 Å². The minimum Gasteiger partial charge on any atom is -0.301 e. The van der Waals surface area contributed by atoms with Crippen LogP contribution in [0.4, 0.5) is 0 Å². The molecular formula is C14H25N. The van der Waals surface area contributed by atoms with E-state index in [0.29, 0.717) is 0 Å². The molecule has 0 aromatic carbocycles. The van der Waals surface area contributed by atoms with Gasteiger partial charge in [0.25, 0.3) is 0 Å². The lowest BCUT2D eigenvalue weighted by Crippen LogP contribution is -1.80. The number of allylic oxidation sites excluding steroid dienone is 4. The smallest absolute Gasteiger partial charge is 0.0273 e. The first-order chi connectivity index (χ1) is 7.20. The summed E-state index contributed by atoms with van der Waals surface area (Å²) in [7, 11) is 1.83. The summed E-state index contributed by atoms with van der Waals surface area (Å²) >= 11 is 0. The van der Waals surface area contributed by atoms with Crippen LogP contribution in [0.15, 0.2) is 28.3 Å². The Bertz CT molecular complexity index is 234. The Labute approximate surface area is 95.0 Å². The molecule has 0 heterocycles. The van der Waals surface area contributed by atoms with Gasteiger partial charge in [-0.1, -0.05) is 30.2 Å². The zero-order chi connectivity index (χ0) is 11.5. The molecule has 0 aliphatic heterocycles. The van der Waals surface area contributed by atoms with Gasteiger partial charge in [0.2, 0.25) is 0 Å². The zero-order valence-electron chi connectivity index (χ0n) is 10.7. The Hall–Kier alpha value is -0.850. The second-order valence-electron chi connectivity index (χ2n) is 4.01. The summed E-state index contributed by atoms with van der Waals surface area (Å²) in [5, 5.41) is 0. The lowest BCUT2D eigenvalue weighted by Gasteiger charge is -1.99. The average Bonchev–Trinajstić information content (AvgIpc) is 2.24. The molecule has 0 fully saturated rings. The molecule has 0 spiro atoms. The summed E-state index contributed by atoms with van der Waals surface area (Å²) in [6, 6.07) is 0. The number of hydrogen-bond donors (Lipinski definition) is 0. The first-order valence-corrected chi connectivity index (χ1v) is 5.92. The normalized spacial score (nSPS) is 13.9. The van der Waals surface area contributed by atoms with Crippen molar-refractivity contribution in [2.75, 3.05) is 7.05 Å². The topological polar surface area (TPSA) is 12.4 Å². The molecule has 0 rings (SSSR count). The maximum atomic E-state index is 3.97. The third-order valence-corrected chi connectivity index (χ3v) is 2.56. The maximum Gasteiger partial charge on any atom is 0.0273 e. The van der Waals surface area contributed by atoms with E-state index in [4.69, 9.17) is 0 Å². The molecule has 0 N–H and O–H groups in total. The highest BCUT2D eigenvalue weighted by Crippen LogP contribution is 2.09. The Kier molecular flexibility index (Phi) is 9.15. The van der Waals surface area contributed by atoms with Gasteiger partial charge in [-0.15, -0.1) is 0 Å². The van der Waals surface area contributed by atoms with Crippen molar-refractivity contribution in [1.29, 1.82) is 0 Å². The van der Waals surface area contributed by atoms with E-state index < -0.39 is 0 Å². The summed E-state index contributed by atoms with van der Waals surface area (Å²) < 4.78 is 0. The molecule has 0 aliphatic carbocycles. The molecule has 0 atom stereocenters. The molecule has 0 radical (unpaired) electrons. The molecule has 0 unspecified atom stereocenters. The van der Waals surface area contributed by atoms with Crippen molar-refractivity contribution >= 4 is 6.21 Å². The quantitative estimate of drug-likeness (QED) is 0.330. The number of aliphatic imine (C=N–C) groups is 1. The van der Waals surface area contributed by atoms with Crippen molar-refractivity contribution in [3.05, 3.63) is 23.3 Å². The van der Waals surface area contributed by atoms with Crippen molar-refractivity contribution < 1.29 is 0 Å². The van der Waals surface area contributed by atoms with E-state index in [9.17, 15) is 0 Å². The highest BCUT2D eigenvalue weighted by molar-refractivity contribution is 5.56. The molecule has 0 bridgehead atoms. The van der Waals surface area contributed by atoms with Crippen LogP contribution in [0, 0.1) is 0 Å². The number of nitrogens with zero attached hydrogens (tertiary/aromatic N) is 1. The molecule has 0 saturated carbocycles. The van der Waals surface area contributed by atoms with Crippen LogP contribution in [0.2, 0.25) is 0 Å². The molecule has 0 aromatic heterocycles. The van der Waals surface area contributed by atoms with Crippen LogP contribution in [-0.4, -0.2) is 13.3 Å². The van der Waals surface area contributed by atoms with Crippen LogP contribution in [0.3, 0.4) is 0 Å². The van der Waals surface area contributed by atoms with Crippen LogP contribution in [0.25, 0.3) is 0 Å². The van der Waals surface area contributed by atoms with Gasteiger partial charge in [-0.05, 0) is 52.2 Å². The largest absolute Gasteiger partial charge is 0.301 e. The standard InChI is InChI=1S/C14H25N/c1-5-13(2)10-8-11-14(3)9-6-7-12-15-4/h9-10,12H,5-8,11H2,1-4H3/b13-10+,14-9+,15-12+. The Balaban J connectivity index is 3.68. The Morgan fingerprint density at radius 1 is 1.00 bits per heavy atom. The first-order valence-electron chi connectivity index (χ1n) is 5.92. The van der Waals surface area contributed by atoms with E-state index in [-0.39, 0.29) is 0 Å². The van der Waals surface area contributed by atoms with E-state index in [0.717, 1.165) is 12.8 Å². The summed E-state index contributed by atoms with van der Waals surface area (Å²) in [5.74, 6) is 0. The predicted octanol–water partition coefficient (Wildman–Crippen LogP) is 4.55. The molecule has 0 aromatic rings. The Morgan fingerprint density at radius 3 is 2.27 bits per heavy atom. The monoisotopic (exact) mass is 207 g/mol. The first kappa shape index (κ1) is 14.2. The highest BCUT2D eigenvalue weighted by atomic mass is 14.6. The van der Waals surface area contributed by atoms with E-state index in [1.54, 1.807) is 0 Å². The molecule has 1 heteroatoms. The van der Waals surface area contributed by atoms with Crippen LogP contribution < -0.4 is 0 Å². The van der Waals surface area contributed by atoms with Gasteiger partial charge in [0.15, 0.2) is 0 Å². The van der Waals surface area contributed by atoms with Gasteiger partial charge in [0.05, 0.1) is 0 Å². The average molecular weight is 207 g/mol. The van der Waals surface area contributed by atoms with Crippen molar-refractivity contribution in [2.24, 2.45) is 4.99 Å². The van der Waals surface area contributed by atoms with Crippen LogP contribution >= 0.6 is 0 Å². The number of rotatable bonds is 7. The second-order valence-corrected chi connectivity index (χ2v) is 4.01. The molecule has 15 heavy (non-hydrogen) atoms. The van der Waals surface area contributed by atoms with Gasteiger partial charge in [-0.2, -0.15) is 0 Å². The second kappa shape index (κ2) is 9.70. The zero-order valence-corrected chi connectivity index (χ0v) is 10.7. The summed E-state index contributed by atoms with van der Waals surface area (Å²) in [5.41, 5.74) is 3.00. The minimum atomic E-state index is 1.07. The number of unbranched alkanes of at least 4 members (excludes halogenated alkanes) is 1. The fraction of sp³-hybridized carbons (Fsp3) is 0.643. The SMILES string of the molecule is CC/C(C)=C/CC/C(C)=C/CC/C=N/C. The van der Waals surface area contributed by atoms with Gasteiger partial charge in [0, 0.05) is 7.05 Å². The van der Waals surface area contributed by atoms with Crippen molar-refractivity contribution in [3.63, 3.8) is 0 Å². The Morgan fingerprint density at radius 2 is 1.67 bits per heavy atom. The third kappa shape index (κ3) is 9.45. The van der Waals surface area contributed by atoms with Gasteiger partial charge in [-0.25, -0.2) is 0 Å². The molecule has 0 amide bonds. The fourth-order valence-electron chi connectivity index (χ4n) is 1.33. The van der Waals surface area contributed by atoms with Crippen LogP contribution in [-0.2, 0) is 0 Å². The molecular weight excluding hydrogens is 182 g/mol.